The first-order valence-corrected chi connectivity index (χ1v) is 29.8. The van der Waals surface area contributed by atoms with E-state index < -0.39 is 79.6 Å². The number of fused-ring (bicyclic) bond motifs is 6. The van der Waals surface area contributed by atoms with Gasteiger partial charge in [-0.3, -0.25) is 33.0 Å². The minimum atomic E-state index is -4.99. The van der Waals surface area contributed by atoms with Crippen molar-refractivity contribution in [1.82, 2.24) is 15.4 Å². The quantitative estimate of drug-likeness (QED) is 0.00716. The number of carbonyl (C=O) groups is 4. The molecule has 3 aliphatic heterocycles. The molecule has 3 aliphatic rings. The number of hydrogen-bond acceptors (Lipinski definition) is 17. The number of nitrogens with one attached hydrogen (secondary N) is 1. The standard InChI is InChI=1S/C53H55N5O17S4/c1-7-56-40-19-16-35-37(26-33(77(64,65)66)28-42(35)76-75-74-63)49(40)52(3,4)44(56)21-14-31(39-18-13-32(30-55-39)51(62)54-25-11-9-10-12-48(61)73-58-46(59)23-24-47(58)60)15-22-45-53(5,6)50-38-27-34(78(67,68)69)29-43(79(70,71)72)36(38)17-20-41(50)57(45)8-2/h13-22,26-30H,7-12,23-25H2,1-6H3,(H4-,54,62,63,64,65,66,67,68,69,70,71,72)/p+1. The highest BCUT2D eigenvalue weighted by Crippen LogP contribution is 2.52. The van der Waals surface area contributed by atoms with E-state index in [4.69, 9.17) is 19.4 Å². The predicted octanol–water partition coefficient (Wildman–Crippen LogP) is 8.19. The summed E-state index contributed by atoms with van der Waals surface area (Å²) in [5, 5.41) is 17.3. The van der Waals surface area contributed by atoms with Crippen molar-refractivity contribution in [2.24, 2.45) is 0 Å². The van der Waals surface area contributed by atoms with E-state index in [1.165, 1.54) is 30.5 Å². The number of anilines is 1. The molecule has 418 valence electrons. The van der Waals surface area contributed by atoms with E-state index >= 15 is 0 Å². The van der Waals surface area contributed by atoms with E-state index in [9.17, 15) is 58.1 Å². The average Bonchev–Trinajstić information content (AvgIpc) is 3.62. The van der Waals surface area contributed by atoms with Gasteiger partial charge in [0.25, 0.3) is 48.1 Å². The van der Waals surface area contributed by atoms with Crippen LogP contribution in [0.1, 0.15) is 107 Å². The van der Waals surface area contributed by atoms with Crippen LogP contribution in [0.5, 0.6) is 0 Å². The van der Waals surface area contributed by atoms with Crippen LogP contribution in [0.3, 0.4) is 0 Å². The van der Waals surface area contributed by atoms with Gasteiger partial charge < -0.3 is 15.1 Å². The first kappa shape index (κ1) is 58.4. The molecule has 0 unspecified atom stereocenters. The zero-order chi connectivity index (χ0) is 57.6. The van der Waals surface area contributed by atoms with Crippen molar-refractivity contribution in [3.05, 3.63) is 119 Å². The van der Waals surface area contributed by atoms with Crippen LogP contribution in [0.25, 0.3) is 27.1 Å². The molecule has 4 aromatic carbocycles. The lowest BCUT2D eigenvalue weighted by atomic mass is 9.79. The van der Waals surface area contributed by atoms with E-state index in [1.807, 2.05) is 76.8 Å². The number of benzene rings is 4. The molecule has 22 nitrogen and oxygen atoms in total. The third kappa shape index (κ3) is 11.7. The minimum absolute atomic E-state index is 0.00989. The lowest BCUT2D eigenvalue weighted by molar-refractivity contribution is -0.433. The van der Waals surface area contributed by atoms with Crippen LogP contribution in [0.4, 0.5) is 11.4 Å². The Kier molecular flexibility index (Phi) is 16.6. The van der Waals surface area contributed by atoms with Crippen molar-refractivity contribution in [3.8, 4) is 0 Å². The van der Waals surface area contributed by atoms with Crippen molar-refractivity contribution in [3.63, 3.8) is 0 Å². The summed E-state index contributed by atoms with van der Waals surface area (Å²) in [4.78, 5) is 59.1. The van der Waals surface area contributed by atoms with Gasteiger partial charge in [-0.05, 0) is 123 Å². The van der Waals surface area contributed by atoms with E-state index in [1.54, 1.807) is 24.3 Å². The number of hydroxylamine groups is 2. The number of rotatable bonds is 20. The van der Waals surface area contributed by atoms with E-state index in [-0.39, 0.29) is 47.0 Å². The van der Waals surface area contributed by atoms with Crippen molar-refractivity contribution in [2.75, 3.05) is 24.5 Å². The number of carbonyl (C=O) groups excluding carboxylic acids is 4. The Morgan fingerprint density at radius 2 is 1.46 bits per heavy atom. The number of aromatic nitrogens is 1. The third-order valence-electron chi connectivity index (χ3n) is 14.2. The fraction of sp³-hybridized carbons (Fsp3) is 0.321. The summed E-state index contributed by atoms with van der Waals surface area (Å²) in [7, 11) is -14.7. The van der Waals surface area contributed by atoms with Gasteiger partial charge in [-0.1, -0.05) is 37.4 Å². The van der Waals surface area contributed by atoms with Gasteiger partial charge >= 0.3 is 5.97 Å². The van der Waals surface area contributed by atoms with Gasteiger partial charge in [-0.2, -0.15) is 29.8 Å². The summed E-state index contributed by atoms with van der Waals surface area (Å²) in [5.74, 6) is -2.26. The molecule has 1 aromatic heterocycles. The van der Waals surface area contributed by atoms with Crippen molar-refractivity contribution < 1.29 is 82.1 Å². The number of pyridine rings is 1. The van der Waals surface area contributed by atoms with Gasteiger partial charge in [-0.25, -0.2) is 10.1 Å². The summed E-state index contributed by atoms with van der Waals surface area (Å²) in [6, 6.07) is 14.5. The third-order valence-corrected chi connectivity index (χ3v) is 17.4. The van der Waals surface area contributed by atoms with Crippen molar-refractivity contribution in [1.29, 1.82) is 0 Å². The Balaban J connectivity index is 1.16. The summed E-state index contributed by atoms with van der Waals surface area (Å²) >= 11 is 0.546. The zero-order valence-corrected chi connectivity index (χ0v) is 46.8. The Hall–Kier alpha value is -6.72. The van der Waals surface area contributed by atoms with Crippen LogP contribution in [-0.2, 0) is 69.8 Å². The molecule has 0 spiro atoms. The molecule has 5 N–H and O–H groups in total. The highest BCUT2D eigenvalue weighted by molar-refractivity contribution is 7.94. The lowest BCUT2D eigenvalue weighted by Gasteiger charge is -2.26. The normalized spacial score (nSPS) is 17.0. The summed E-state index contributed by atoms with van der Waals surface area (Å²) in [6.45, 7) is 12.6. The summed E-state index contributed by atoms with van der Waals surface area (Å²) in [5.41, 5.74) is 3.36. The van der Waals surface area contributed by atoms with E-state index in [2.05, 4.69) is 14.9 Å². The monoisotopic (exact) mass is 1160 g/mol. The molecule has 5 aromatic rings. The zero-order valence-electron chi connectivity index (χ0n) is 43.5. The van der Waals surface area contributed by atoms with Gasteiger partial charge in [0.2, 0.25) is 5.69 Å². The topological polar surface area (TPSA) is 314 Å². The number of nitrogens with zero attached hydrogens (tertiary/aromatic N) is 4. The second-order valence-electron chi connectivity index (χ2n) is 19.8. The number of allylic oxidation sites excluding steroid dienone is 6. The average molecular weight is 1160 g/mol. The van der Waals surface area contributed by atoms with Gasteiger partial charge in [0, 0.05) is 88.9 Å². The minimum Gasteiger partial charge on any atom is -0.352 e. The largest absolute Gasteiger partial charge is 0.352 e. The van der Waals surface area contributed by atoms with Crippen LogP contribution in [-0.4, -0.2) is 108 Å². The maximum Gasteiger partial charge on any atom is 0.333 e. The molecule has 0 aliphatic carbocycles. The number of likely N-dealkylation sites (N-methyl/N-ethyl adjacent to an activating group) is 1. The Bertz CT molecular complexity index is 3840. The smallest absolute Gasteiger partial charge is 0.333 e. The number of unbranched alkanes of at least 4 members (excludes halogenated alkanes) is 2. The van der Waals surface area contributed by atoms with E-state index in [0.717, 1.165) is 11.4 Å². The number of imide groups is 1. The van der Waals surface area contributed by atoms with Crippen LogP contribution in [0.15, 0.2) is 116 Å². The molecule has 79 heavy (non-hydrogen) atoms. The Labute approximate surface area is 459 Å². The highest BCUT2D eigenvalue weighted by Gasteiger charge is 2.46. The number of amides is 3. The Morgan fingerprint density at radius 3 is 2.06 bits per heavy atom. The molecule has 3 amide bonds. The molecule has 0 atom stereocenters. The van der Waals surface area contributed by atoms with Crippen LogP contribution in [0.2, 0.25) is 0 Å². The van der Waals surface area contributed by atoms with Gasteiger partial charge in [-0.15, -0.1) is 9.40 Å². The Morgan fingerprint density at radius 1 is 0.797 bits per heavy atom. The van der Waals surface area contributed by atoms with Crippen LogP contribution in [0, 0.1) is 0 Å². The number of hydrogen-bond donors (Lipinski definition) is 5. The van der Waals surface area contributed by atoms with E-state index in [0.29, 0.717) is 100 Å². The first-order valence-electron chi connectivity index (χ1n) is 24.8. The summed E-state index contributed by atoms with van der Waals surface area (Å²) in [6.07, 6.45) is 10.2. The second-order valence-corrected chi connectivity index (χ2v) is 24.8. The molecule has 0 bridgehead atoms. The molecule has 8 rings (SSSR count). The van der Waals surface area contributed by atoms with Gasteiger partial charge in [0.15, 0.2) is 5.71 Å². The van der Waals surface area contributed by atoms with Gasteiger partial charge in [0.1, 0.15) is 11.4 Å². The fourth-order valence-electron chi connectivity index (χ4n) is 10.5. The molecular formula is C53H56N5O17S4+. The fourth-order valence-corrected chi connectivity index (χ4v) is 13.0. The molecule has 1 fully saturated rings. The van der Waals surface area contributed by atoms with Crippen LogP contribution >= 0.6 is 12.0 Å². The van der Waals surface area contributed by atoms with Crippen LogP contribution < -0.4 is 10.2 Å². The SMILES string of the molecule is CCN1/C(=C/C=C(/C=C/C2=[N+](CC)c3ccc4c(SOOO)cc(S(=O)(=O)O)cc4c3C2(C)C)c2ccc(C(=O)NCCCCCC(=O)ON3C(=O)CCC3=O)cn2)C(C)(C)c2c1ccc1c(S(=O)(=O)O)cc(S(=O)(=O)O)cc21. The maximum atomic E-state index is 13.4. The summed E-state index contributed by atoms with van der Waals surface area (Å²) < 4.78 is 113. The molecule has 1 saturated heterocycles. The molecule has 0 radical (unpaired) electrons. The predicted molar refractivity (Wildman–Crippen MR) is 290 cm³/mol. The lowest BCUT2D eigenvalue weighted by Crippen LogP contribution is -2.31. The van der Waals surface area contributed by atoms with Crippen molar-refractivity contribution >= 4 is 110 Å². The molecular weight excluding hydrogens is 1110 g/mol. The second kappa shape index (κ2) is 22.4. The maximum absolute atomic E-state index is 13.4. The molecule has 26 heteroatoms. The first-order chi connectivity index (χ1) is 37.1. The molecule has 0 saturated carbocycles. The van der Waals surface area contributed by atoms with Crippen molar-refractivity contribution in [2.45, 2.75) is 110 Å². The van der Waals surface area contributed by atoms with Gasteiger partial charge in [0.05, 0.1) is 38.5 Å². The molecule has 4 heterocycles. The highest BCUT2D eigenvalue weighted by atomic mass is 32.2.